The molecule has 1 aromatic carbocycles. The number of carbonyl (C=O) groups is 1. The van der Waals surface area contributed by atoms with Crippen molar-refractivity contribution in [2.45, 2.75) is 39.3 Å². The van der Waals surface area contributed by atoms with E-state index in [0.29, 0.717) is 31.0 Å². The Morgan fingerprint density at radius 2 is 1.93 bits per heavy atom. The number of fused-ring (bicyclic) bond motifs is 2. The molecule has 0 bridgehead atoms. The second-order valence-electron chi connectivity index (χ2n) is 8.12. The Labute approximate surface area is 162 Å². The molecule has 0 unspecified atom stereocenters. The molecule has 0 saturated heterocycles. The highest BCUT2D eigenvalue weighted by atomic mass is 16.5. The molecule has 0 fully saturated rings. The second-order valence-corrected chi connectivity index (χ2v) is 8.12. The van der Waals surface area contributed by atoms with E-state index in [1.165, 1.54) is 4.52 Å². The number of hydrogen-bond acceptors (Lipinski definition) is 4. The van der Waals surface area contributed by atoms with E-state index in [1.807, 2.05) is 36.4 Å². The summed E-state index contributed by atoms with van der Waals surface area (Å²) in [6, 6.07) is 11.7. The van der Waals surface area contributed by atoms with Gasteiger partial charge in [0.2, 0.25) is 0 Å². The Kier molecular flexibility index (Phi) is 4.55. The molecular weight excluding hydrogens is 356 g/mol. The van der Waals surface area contributed by atoms with E-state index in [2.05, 4.69) is 30.9 Å². The van der Waals surface area contributed by atoms with Gasteiger partial charge in [-0.1, -0.05) is 51.1 Å². The molecule has 0 aliphatic carbocycles. The molecule has 1 aliphatic rings. The van der Waals surface area contributed by atoms with Crippen molar-refractivity contribution < 1.29 is 9.53 Å². The summed E-state index contributed by atoms with van der Waals surface area (Å²) in [4.78, 5) is 31.6. The number of carbonyl (C=O) groups excluding carboxylic acids is 1. The number of nitrogens with one attached hydrogen (secondary N) is 1. The lowest BCUT2D eigenvalue weighted by Crippen LogP contribution is -2.28. The van der Waals surface area contributed by atoms with Crippen molar-refractivity contribution in [3.8, 4) is 0 Å². The zero-order valence-electron chi connectivity index (χ0n) is 16.4. The van der Waals surface area contributed by atoms with Crippen molar-refractivity contribution >= 4 is 11.6 Å². The molecule has 2 aromatic heterocycles. The van der Waals surface area contributed by atoms with Crippen LogP contribution in [0, 0.1) is 0 Å². The molecule has 7 nitrogen and oxygen atoms in total. The van der Waals surface area contributed by atoms with Crippen molar-refractivity contribution in [1.29, 1.82) is 0 Å². The van der Waals surface area contributed by atoms with E-state index in [9.17, 15) is 9.59 Å². The van der Waals surface area contributed by atoms with E-state index in [1.54, 1.807) is 4.90 Å². The fourth-order valence-corrected chi connectivity index (χ4v) is 3.29. The number of hydrogen-bond donors (Lipinski definition) is 1. The van der Waals surface area contributed by atoms with Crippen molar-refractivity contribution in [1.82, 2.24) is 19.5 Å². The maximum Gasteiger partial charge on any atom is 0.278 e. The standard InChI is InChI=1S/C21H24N4O3/c1-21(2,3)16-11-17-22-18-15(19(26)25(17)23-16)12-24(20(18)27)9-10-28-13-14-7-5-4-6-8-14/h4-8,11,23H,9-10,12-13H2,1-3H3. The molecule has 0 saturated carbocycles. The first-order valence-corrected chi connectivity index (χ1v) is 9.40. The van der Waals surface area contributed by atoms with Crippen LogP contribution in [0.25, 0.3) is 5.65 Å². The molecule has 0 radical (unpaired) electrons. The van der Waals surface area contributed by atoms with Gasteiger partial charge in [-0.3, -0.25) is 14.7 Å². The third-order valence-corrected chi connectivity index (χ3v) is 4.97. The first kappa shape index (κ1) is 18.4. The van der Waals surface area contributed by atoms with Crippen LogP contribution in [0.2, 0.25) is 0 Å². The zero-order valence-corrected chi connectivity index (χ0v) is 16.4. The van der Waals surface area contributed by atoms with E-state index < -0.39 is 0 Å². The summed E-state index contributed by atoms with van der Waals surface area (Å²) in [5, 5.41) is 3.12. The van der Waals surface area contributed by atoms with Crippen LogP contribution in [0.3, 0.4) is 0 Å². The van der Waals surface area contributed by atoms with Crippen LogP contribution >= 0.6 is 0 Å². The minimum Gasteiger partial charge on any atom is -0.375 e. The summed E-state index contributed by atoms with van der Waals surface area (Å²) in [6.45, 7) is 7.75. The number of aromatic amines is 1. The van der Waals surface area contributed by atoms with Gasteiger partial charge < -0.3 is 9.64 Å². The van der Waals surface area contributed by atoms with Crippen LogP contribution in [0.15, 0.2) is 41.2 Å². The topological polar surface area (TPSA) is 79.7 Å². The molecule has 146 valence electrons. The Hall–Kier alpha value is -2.93. The summed E-state index contributed by atoms with van der Waals surface area (Å²) in [5.41, 5.74) is 2.81. The normalized spacial score (nSPS) is 14.1. The van der Waals surface area contributed by atoms with Crippen LogP contribution in [-0.4, -0.2) is 38.6 Å². The van der Waals surface area contributed by atoms with Crippen molar-refractivity contribution in [3.63, 3.8) is 0 Å². The van der Waals surface area contributed by atoms with E-state index >= 15 is 0 Å². The lowest BCUT2D eigenvalue weighted by atomic mass is 9.93. The smallest absolute Gasteiger partial charge is 0.278 e. The van der Waals surface area contributed by atoms with Gasteiger partial charge in [-0.05, 0) is 5.56 Å². The second kappa shape index (κ2) is 6.91. The molecule has 4 rings (SSSR count). The van der Waals surface area contributed by atoms with Gasteiger partial charge in [-0.25, -0.2) is 9.50 Å². The van der Waals surface area contributed by atoms with Gasteiger partial charge in [0.15, 0.2) is 5.65 Å². The largest absolute Gasteiger partial charge is 0.375 e. The summed E-state index contributed by atoms with van der Waals surface area (Å²) < 4.78 is 7.10. The minimum atomic E-state index is -0.212. The highest BCUT2D eigenvalue weighted by molar-refractivity contribution is 5.96. The zero-order chi connectivity index (χ0) is 19.9. The fourth-order valence-electron chi connectivity index (χ4n) is 3.29. The minimum absolute atomic E-state index is 0.142. The van der Waals surface area contributed by atoms with Crippen LogP contribution in [-0.2, 0) is 23.3 Å². The average molecular weight is 380 g/mol. The monoisotopic (exact) mass is 380 g/mol. The maximum absolute atomic E-state index is 12.8. The number of benzene rings is 1. The highest BCUT2D eigenvalue weighted by Gasteiger charge is 2.32. The average Bonchev–Trinajstić information content (AvgIpc) is 3.23. The summed E-state index contributed by atoms with van der Waals surface area (Å²) in [7, 11) is 0. The predicted octanol–water partition coefficient (Wildman–Crippen LogP) is 2.49. The predicted molar refractivity (Wildman–Crippen MR) is 105 cm³/mol. The van der Waals surface area contributed by atoms with Crippen LogP contribution < -0.4 is 5.56 Å². The molecule has 0 spiro atoms. The fraction of sp³-hybridized carbons (Fsp3) is 0.381. The van der Waals surface area contributed by atoms with Crippen molar-refractivity contribution in [3.05, 3.63) is 69.3 Å². The van der Waals surface area contributed by atoms with Gasteiger partial charge in [-0.15, -0.1) is 0 Å². The number of rotatable bonds is 5. The van der Waals surface area contributed by atoms with Gasteiger partial charge in [0, 0.05) is 23.7 Å². The Bertz CT molecular complexity index is 1080. The molecule has 1 amide bonds. The first-order chi connectivity index (χ1) is 13.3. The maximum atomic E-state index is 12.8. The first-order valence-electron chi connectivity index (χ1n) is 9.40. The van der Waals surface area contributed by atoms with Gasteiger partial charge >= 0.3 is 0 Å². The molecule has 7 heteroatoms. The van der Waals surface area contributed by atoms with E-state index in [0.717, 1.165) is 11.3 Å². The van der Waals surface area contributed by atoms with Gasteiger partial charge in [0.1, 0.15) is 5.69 Å². The molecule has 1 aliphatic heterocycles. The van der Waals surface area contributed by atoms with E-state index in [-0.39, 0.29) is 29.1 Å². The van der Waals surface area contributed by atoms with Crippen LogP contribution in [0.4, 0.5) is 0 Å². The number of ether oxygens (including phenoxy) is 1. The molecule has 3 aromatic rings. The van der Waals surface area contributed by atoms with Crippen molar-refractivity contribution in [2.75, 3.05) is 13.2 Å². The summed E-state index contributed by atoms with van der Waals surface area (Å²) in [6.07, 6.45) is 0. The Balaban J connectivity index is 1.47. The number of aromatic nitrogens is 3. The molecule has 3 heterocycles. The number of H-pyrrole nitrogens is 1. The lowest BCUT2D eigenvalue weighted by molar-refractivity contribution is 0.0634. The third kappa shape index (κ3) is 3.33. The number of amides is 1. The van der Waals surface area contributed by atoms with Gasteiger partial charge in [0.05, 0.1) is 25.3 Å². The molecule has 0 atom stereocenters. The Morgan fingerprint density at radius 3 is 2.64 bits per heavy atom. The van der Waals surface area contributed by atoms with Crippen LogP contribution in [0.5, 0.6) is 0 Å². The van der Waals surface area contributed by atoms with Gasteiger partial charge in [-0.2, -0.15) is 0 Å². The highest BCUT2D eigenvalue weighted by Crippen LogP contribution is 2.23. The van der Waals surface area contributed by atoms with Crippen LogP contribution in [0.1, 0.15) is 48.1 Å². The number of nitrogens with zero attached hydrogens (tertiary/aromatic N) is 3. The Morgan fingerprint density at radius 1 is 1.18 bits per heavy atom. The van der Waals surface area contributed by atoms with E-state index in [4.69, 9.17) is 4.74 Å². The molecular formula is C21H24N4O3. The SMILES string of the molecule is CC(C)(C)c1cc2nc3c(c(=O)n2[nH]1)CN(CCOCc1ccccc1)C3=O. The lowest BCUT2D eigenvalue weighted by Gasteiger charge is -2.15. The van der Waals surface area contributed by atoms with Gasteiger partial charge in [0.25, 0.3) is 11.5 Å². The summed E-state index contributed by atoms with van der Waals surface area (Å²) >= 11 is 0. The molecule has 28 heavy (non-hydrogen) atoms. The van der Waals surface area contributed by atoms with Crippen molar-refractivity contribution in [2.24, 2.45) is 0 Å². The summed E-state index contributed by atoms with van der Waals surface area (Å²) in [5.74, 6) is -0.212. The molecule has 1 N–H and O–H groups in total. The third-order valence-electron chi connectivity index (χ3n) is 4.97. The quantitative estimate of drug-likeness (QED) is 0.690.